The van der Waals surface area contributed by atoms with Gasteiger partial charge in [0.15, 0.2) is 6.10 Å². The SMILES string of the molecule is CCCCC/C=C\C/C=C\CCCCCCCC(=O)OC[C@H](COC(=O)CCCCCCCCCCCCCCCCCCCCCCC)OC(=O)CCCCCCCCCCCCCCCCC. The molecule has 6 nitrogen and oxygen atoms in total. The molecule has 406 valence electrons. The van der Waals surface area contributed by atoms with Crippen LogP contribution in [0.15, 0.2) is 24.3 Å². The third-order valence-electron chi connectivity index (χ3n) is 14.0. The summed E-state index contributed by atoms with van der Waals surface area (Å²) >= 11 is 0. The molecule has 0 heterocycles. The third kappa shape index (κ3) is 56.7. The normalized spacial score (nSPS) is 12.1. The van der Waals surface area contributed by atoms with Crippen molar-refractivity contribution in [3.63, 3.8) is 0 Å². The first-order valence-corrected chi connectivity index (χ1v) is 30.8. The molecule has 0 saturated carbocycles. The molecule has 0 radical (unpaired) electrons. The van der Waals surface area contributed by atoms with E-state index in [1.54, 1.807) is 0 Å². The van der Waals surface area contributed by atoms with Crippen LogP contribution in [0.25, 0.3) is 0 Å². The molecule has 0 unspecified atom stereocenters. The van der Waals surface area contributed by atoms with Crippen LogP contribution in [0.3, 0.4) is 0 Å². The third-order valence-corrected chi connectivity index (χ3v) is 14.0. The van der Waals surface area contributed by atoms with Crippen LogP contribution in [-0.2, 0) is 28.6 Å². The largest absolute Gasteiger partial charge is 0.462 e. The molecule has 1 atom stereocenters. The van der Waals surface area contributed by atoms with E-state index in [0.29, 0.717) is 19.3 Å². The number of hydrogen-bond acceptors (Lipinski definition) is 6. The summed E-state index contributed by atoms with van der Waals surface area (Å²) in [6, 6.07) is 0. The van der Waals surface area contributed by atoms with Crippen LogP contribution in [0.5, 0.6) is 0 Å². The van der Waals surface area contributed by atoms with E-state index in [4.69, 9.17) is 14.2 Å². The molecule has 0 aromatic heterocycles. The highest BCUT2D eigenvalue weighted by Crippen LogP contribution is 2.18. The quantitative estimate of drug-likeness (QED) is 0.0261. The minimum atomic E-state index is -0.772. The predicted octanol–water partition coefficient (Wildman–Crippen LogP) is 20.7. The Balaban J connectivity index is 4.29. The first-order valence-electron chi connectivity index (χ1n) is 30.8. The van der Waals surface area contributed by atoms with Crippen molar-refractivity contribution >= 4 is 17.9 Å². The topological polar surface area (TPSA) is 78.9 Å². The van der Waals surface area contributed by atoms with Gasteiger partial charge in [-0.05, 0) is 51.4 Å². The minimum absolute atomic E-state index is 0.0698. The van der Waals surface area contributed by atoms with Gasteiger partial charge in [-0.15, -0.1) is 0 Å². The minimum Gasteiger partial charge on any atom is -0.462 e. The Morgan fingerprint density at radius 2 is 0.522 bits per heavy atom. The van der Waals surface area contributed by atoms with Crippen molar-refractivity contribution in [1.29, 1.82) is 0 Å². The fraction of sp³-hybridized carbons (Fsp3) is 0.889. The zero-order valence-electron chi connectivity index (χ0n) is 46.6. The lowest BCUT2D eigenvalue weighted by atomic mass is 10.0. The second-order valence-corrected chi connectivity index (χ2v) is 21.0. The van der Waals surface area contributed by atoms with Gasteiger partial charge < -0.3 is 14.2 Å². The van der Waals surface area contributed by atoms with E-state index in [1.165, 1.54) is 225 Å². The molecule has 0 aromatic rings. The van der Waals surface area contributed by atoms with Crippen LogP contribution < -0.4 is 0 Å². The molecule has 0 N–H and O–H groups in total. The molecule has 0 rings (SSSR count). The van der Waals surface area contributed by atoms with Gasteiger partial charge in [0.1, 0.15) is 13.2 Å². The molecular weight excluding hydrogens is 853 g/mol. The van der Waals surface area contributed by atoms with Gasteiger partial charge >= 0.3 is 17.9 Å². The van der Waals surface area contributed by atoms with Crippen molar-refractivity contribution in [2.75, 3.05) is 13.2 Å². The first-order chi connectivity index (χ1) is 34.0. The van der Waals surface area contributed by atoms with Crippen LogP contribution in [0.4, 0.5) is 0 Å². The molecule has 6 heteroatoms. The number of ether oxygens (including phenoxy) is 3. The summed E-state index contributed by atoms with van der Waals surface area (Å²) in [5.74, 6) is -0.859. The van der Waals surface area contributed by atoms with Crippen LogP contribution >= 0.6 is 0 Å². The van der Waals surface area contributed by atoms with Gasteiger partial charge in [0, 0.05) is 19.3 Å². The molecule has 0 amide bonds. The molecule has 0 spiro atoms. The maximum absolute atomic E-state index is 12.9. The number of carbonyl (C=O) groups is 3. The zero-order valence-corrected chi connectivity index (χ0v) is 46.6. The summed E-state index contributed by atoms with van der Waals surface area (Å²) < 4.78 is 16.9. The van der Waals surface area contributed by atoms with Gasteiger partial charge in [-0.2, -0.15) is 0 Å². The van der Waals surface area contributed by atoms with Crippen LogP contribution in [0.2, 0.25) is 0 Å². The van der Waals surface area contributed by atoms with Crippen molar-refractivity contribution in [2.24, 2.45) is 0 Å². The molecule has 69 heavy (non-hydrogen) atoms. The van der Waals surface area contributed by atoms with Crippen molar-refractivity contribution in [3.05, 3.63) is 24.3 Å². The number of carbonyl (C=O) groups excluding carboxylic acids is 3. The second-order valence-electron chi connectivity index (χ2n) is 21.0. The molecule has 0 aromatic carbocycles. The summed E-state index contributed by atoms with van der Waals surface area (Å²) in [4.78, 5) is 38.2. The lowest BCUT2D eigenvalue weighted by Gasteiger charge is -2.18. The van der Waals surface area contributed by atoms with Gasteiger partial charge in [0.25, 0.3) is 0 Å². The number of allylic oxidation sites excluding steroid dienone is 4. The zero-order chi connectivity index (χ0) is 50.0. The first kappa shape index (κ1) is 66.9. The van der Waals surface area contributed by atoms with E-state index in [1.807, 2.05) is 0 Å². The van der Waals surface area contributed by atoms with Crippen LogP contribution in [0.1, 0.15) is 342 Å². The van der Waals surface area contributed by atoms with Crippen molar-refractivity contribution in [2.45, 2.75) is 348 Å². The van der Waals surface area contributed by atoms with E-state index in [9.17, 15) is 14.4 Å². The summed E-state index contributed by atoms with van der Waals surface area (Å²) in [6.45, 7) is 6.67. The molecule has 0 fully saturated rings. The van der Waals surface area contributed by atoms with Crippen molar-refractivity contribution < 1.29 is 28.6 Å². The smallest absolute Gasteiger partial charge is 0.306 e. The average Bonchev–Trinajstić information content (AvgIpc) is 3.35. The molecule has 0 bridgehead atoms. The maximum Gasteiger partial charge on any atom is 0.306 e. The Kier molecular flexibility index (Phi) is 56.7. The van der Waals surface area contributed by atoms with Gasteiger partial charge in [0.2, 0.25) is 0 Å². The summed E-state index contributed by atoms with van der Waals surface area (Å²) in [5, 5.41) is 0. The molecule has 0 aliphatic rings. The summed E-state index contributed by atoms with van der Waals surface area (Å²) in [5.41, 5.74) is 0. The van der Waals surface area contributed by atoms with Gasteiger partial charge in [-0.3, -0.25) is 14.4 Å². The highest BCUT2D eigenvalue weighted by Gasteiger charge is 2.19. The number of hydrogen-bond donors (Lipinski definition) is 0. The van der Waals surface area contributed by atoms with Gasteiger partial charge in [-0.25, -0.2) is 0 Å². The lowest BCUT2D eigenvalue weighted by molar-refractivity contribution is -0.167. The van der Waals surface area contributed by atoms with E-state index >= 15 is 0 Å². The molecule has 0 saturated heterocycles. The fourth-order valence-corrected chi connectivity index (χ4v) is 9.30. The highest BCUT2D eigenvalue weighted by atomic mass is 16.6. The molecular formula is C63H118O6. The Hall–Kier alpha value is -2.11. The Morgan fingerprint density at radius 1 is 0.290 bits per heavy atom. The predicted molar refractivity (Wildman–Crippen MR) is 298 cm³/mol. The van der Waals surface area contributed by atoms with Crippen LogP contribution in [-0.4, -0.2) is 37.2 Å². The Bertz CT molecular complexity index is 1110. The Morgan fingerprint density at radius 3 is 0.826 bits per heavy atom. The highest BCUT2D eigenvalue weighted by molar-refractivity contribution is 5.71. The standard InChI is InChI=1S/C63H118O6/c1-4-7-10-13-16-19-22-25-28-29-30-31-32-33-36-38-41-44-47-50-53-56-62(65)68-59-60(69-63(66)57-54-51-48-45-42-39-35-27-24-21-18-15-12-9-6-3)58-67-61(64)55-52-49-46-43-40-37-34-26-23-20-17-14-11-8-5-2/h17,20,26,34,60H,4-16,18-19,21-25,27-33,35-59H2,1-3H3/b20-17-,34-26-/t60-/m1/s1. The number of esters is 3. The number of rotatable bonds is 57. The van der Waals surface area contributed by atoms with Gasteiger partial charge in [0.05, 0.1) is 0 Å². The Labute approximate surface area is 430 Å². The van der Waals surface area contributed by atoms with Gasteiger partial charge in [-0.1, -0.05) is 295 Å². The second kappa shape index (κ2) is 58.5. The monoisotopic (exact) mass is 971 g/mol. The average molecular weight is 972 g/mol. The number of unbranched alkanes of at least 4 members (excludes halogenated alkanes) is 42. The lowest BCUT2D eigenvalue weighted by Crippen LogP contribution is -2.30. The maximum atomic E-state index is 12.9. The summed E-state index contributed by atoms with van der Waals surface area (Å²) in [7, 11) is 0. The van der Waals surface area contributed by atoms with E-state index in [2.05, 4.69) is 45.1 Å². The fourth-order valence-electron chi connectivity index (χ4n) is 9.30. The van der Waals surface area contributed by atoms with E-state index in [0.717, 1.165) is 77.0 Å². The van der Waals surface area contributed by atoms with E-state index < -0.39 is 6.10 Å². The molecule has 0 aliphatic carbocycles. The summed E-state index contributed by atoms with van der Waals surface area (Å²) in [6.07, 6.45) is 68.9. The van der Waals surface area contributed by atoms with Crippen LogP contribution in [0, 0.1) is 0 Å². The van der Waals surface area contributed by atoms with Crippen molar-refractivity contribution in [1.82, 2.24) is 0 Å². The molecule has 0 aliphatic heterocycles. The van der Waals surface area contributed by atoms with Crippen molar-refractivity contribution in [3.8, 4) is 0 Å². The van der Waals surface area contributed by atoms with E-state index in [-0.39, 0.29) is 31.1 Å².